The zero-order chi connectivity index (χ0) is 18.8. The molecule has 3 aromatic rings. The van der Waals surface area contributed by atoms with Gasteiger partial charge in [-0.25, -0.2) is 0 Å². The van der Waals surface area contributed by atoms with Gasteiger partial charge in [-0.3, -0.25) is 9.59 Å². The lowest BCUT2D eigenvalue weighted by atomic mass is 9.95. The molecule has 1 aliphatic rings. The van der Waals surface area contributed by atoms with Gasteiger partial charge >= 0.3 is 0 Å². The van der Waals surface area contributed by atoms with Crippen molar-refractivity contribution in [1.29, 1.82) is 0 Å². The van der Waals surface area contributed by atoms with Crippen LogP contribution in [-0.4, -0.2) is 34.8 Å². The highest BCUT2D eigenvalue weighted by Gasteiger charge is 2.29. The molecule has 7 heteroatoms. The van der Waals surface area contributed by atoms with Crippen molar-refractivity contribution in [2.75, 3.05) is 13.1 Å². The van der Waals surface area contributed by atoms with E-state index in [0.29, 0.717) is 38.2 Å². The van der Waals surface area contributed by atoms with Crippen LogP contribution < -0.4 is 5.32 Å². The SMILES string of the molecule is O=C(NCc1ccco1)C1CCN(C(=O)c2[nH]c3ccccc3c2Br)CC1. The van der Waals surface area contributed by atoms with Gasteiger partial charge in [0.2, 0.25) is 5.91 Å². The summed E-state index contributed by atoms with van der Waals surface area (Å²) in [5, 5.41) is 3.90. The van der Waals surface area contributed by atoms with Gasteiger partial charge in [-0.05, 0) is 47.0 Å². The first kappa shape index (κ1) is 17.9. The summed E-state index contributed by atoms with van der Waals surface area (Å²) in [5.41, 5.74) is 1.50. The van der Waals surface area contributed by atoms with Gasteiger partial charge < -0.3 is 19.6 Å². The minimum atomic E-state index is -0.0739. The van der Waals surface area contributed by atoms with E-state index in [1.54, 1.807) is 12.3 Å². The van der Waals surface area contributed by atoms with Gasteiger partial charge in [0.25, 0.3) is 5.91 Å². The summed E-state index contributed by atoms with van der Waals surface area (Å²) in [4.78, 5) is 30.3. The molecule has 0 atom stereocenters. The lowest BCUT2D eigenvalue weighted by Gasteiger charge is -2.31. The standard InChI is InChI=1S/C20H20BrN3O3/c21-17-15-5-1-2-6-16(15)23-18(17)20(26)24-9-7-13(8-10-24)19(25)22-12-14-4-3-11-27-14/h1-6,11,13,23H,7-10,12H2,(H,22,25). The second kappa shape index (κ2) is 7.60. The van der Waals surface area contributed by atoms with Gasteiger partial charge in [-0.1, -0.05) is 18.2 Å². The number of hydrogen-bond donors (Lipinski definition) is 2. The lowest BCUT2D eigenvalue weighted by Crippen LogP contribution is -2.43. The van der Waals surface area contributed by atoms with E-state index in [1.165, 1.54) is 0 Å². The minimum Gasteiger partial charge on any atom is -0.467 e. The van der Waals surface area contributed by atoms with E-state index in [4.69, 9.17) is 4.42 Å². The number of likely N-dealkylation sites (tertiary alicyclic amines) is 1. The molecular formula is C20H20BrN3O3. The highest BCUT2D eigenvalue weighted by molar-refractivity contribution is 9.10. The summed E-state index contributed by atoms with van der Waals surface area (Å²) in [6.45, 7) is 1.53. The van der Waals surface area contributed by atoms with Crippen molar-refractivity contribution in [3.8, 4) is 0 Å². The number of carbonyl (C=O) groups is 2. The molecule has 0 spiro atoms. The normalized spacial score (nSPS) is 15.2. The molecular weight excluding hydrogens is 410 g/mol. The van der Waals surface area contributed by atoms with Crippen molar-refractivity contribution in [3.05, 3.63) is 58.6 Å². The number of nitrogens with zero attached hydrogens (tertiary/aromatic N) is 1. The Hall–Kier alpha value is -2.54. The Labute approximate surface area is 165 Å². The number of fused-ring (bicyclic) bond motifs is 1. The van der Waals surface area contributed by atoms with Gasteiger partial charge in [0.05, 0.1) is 17.3 Å². The zero-order valence-electron chi connectivity index (χ0n) is 14.7. The van der Waals surface area contributed by atoms with Crippen LogP contribution in [0.1, 0.15) is 29.1 Å². The molecule has 27 heavy (non-hydrogen) atoms. The summed E-state index contributed by atoms with van der Waals surface area (Å²) in [6.07, 6.45) is 2.91. The number of benzene rings is 1. The maximum atomic E-state index is 12.9. The second-order valence-corrected chi connectivity index (χ2v) is 7.52. The summed E-state index contributed by atoms with van der Waals surface area (Å²) in [7, 11) is 0. The van der Waals surface area contributed by atoms with E-state index in [9.17, 15) is 9.59 Å². The number of rotatable bonds is 4. The molecule has 1 saturated heterocycles. The van der Waals surface area contributed by atoms with Gasteiger partial charge in [-0.2, -0.15) is 0 Å². The van der Waals surface area contributed by atoms with Crippen molar-refractivity contribution < 1.29 is 14.0 Å². The van der Waals surface area contributed by atoms with Crippen LogP contribution in [0.15, 0.2) is 51.6 Å². The predicted molar refractivity (Wildman–Crippen MR) is 105 cm³/mol. The third-order valence-corrected chi connectivity index (χ3v) is 5.85. The fourth-order valence-corrected chi connectivity index (χ4v) is 4.10. The van der Waals surface area contributed by atoms with E-state index in [0.717, 1.165) is 21.1 Å². The molecule has 6 nitrogen and oxygen atoms in total. The van der Waals surface area contributed by atoms with Crippen LogP contribution in [0.3, 0.4) is 0 Å². The Morgan fingerprint density at radius 1 is 1.19 bits per heavy atom. The van der Waals surface area contributed by atoms with Gasteiger partial charge in [-0.15, -0.1) is 0 Å². The molecule has 0 saturated carbocycles. The number of para-hydroxylation sites is 1. The van der Waals surface area contributed by atoms with Crippen molar-refractivity contribution >= 4 is 38.6 Å². The number of amides is 2. The third kappa shape index (κ3) is 3.64. The molecule has 3 heterocycles. The van der Waals surface area contributed by atoms with E-state index in [1.807, 2.05) is 35.2 Å². The number of furan rings is 1. The predicted octanol–water partition coefficient (Wildman–Crippen LogP) is 3.69. The minimum absolute atomic E-state index is 0.0188. The second-order valence-electron chi connectivity index (χ2n) is 6.72. The zero-order valence-corrected chi connectivity index (χ0v) is 16.3. The molecule has 1 aliphatic heterocycles. The molecule has 1 fully saturated rings. The molecule has 2 amide bonds. The number of hydrogen-bond acceptors (Lipinski definition) is 3. The van der Waals surface area contributed by atoms with Crippen molar-refractivity contribution in [2.45, 2.75) is 19.4 Å². The average Bonchev–Trinajstić information content (AvgIpc) is 3.34. The first-order valence-electron chi connectivity index (χ1n) is 8.99. The monoisotopic (exact) mass is 429 g/mol. The van der Waals surface area contributed by atoms with Crippen LogP contribution in [0, 0.1) is 5.92 Å². The summed E-state index contributed by atoms with van der Waals surface area (Å²) in [6, 6.07) is 11.4. The quantitative estimate of drug-likeness (QED) is 0.663. The molecule has 140 valence electrons. The lowest BCUT2D eigenvalue weighted by molar-refractivity contribution is -0.126. The first-order chi connectivity index (χ1) is 13.1. The molecule has 1 aromatic carbocycles. The van der Waals surface area contributed by atoms with Crippen LogP contribution in [0.25, 0.3) is 10.9 Å². The Balaban J connectivity index is 1.36. The number of nitrogens with one attached hydrogen (secondary N) is 2. The molecule has 0 radical (unpaired) electrons. The first-order valence-corrected chi connectivity index (χ1v) is 9.78. The van der Waals surface area contributed by atoms with Crippen LogP contribution >= 0.6 is 15.9 Å². The van der Waals surface area contributed by atoms with Crippen LogP contribution in [-0.2, 0) is 11.3 Å². The third-order valence-electron chi connectivity index (χ3n) is 5.03. The largest absolute Gasteiger partial charge is 0.467 e. The Morgan fingerprint density at radius 3 is 2.67 bits per heavy atom. The molecule has 0 aliphatic carbocycles. The van der Waals surface area contributed by atoms with Crippen LogP contribution in [0.4, 0.5) is 0 Å². The number of halogens is 1. The molecule has 2 N–H and O–H groups in total. The molecule has 0 unspecified atom stereocenters. The van der Waals surface area contributed by atoms with E-state index in [2.05, 4.69) is 26.2 Å². The highest BCUT2D eigenvalue weighted by atomic mass is 79.9. The van der Waals surface area contributed by atoms with E-state index >= 15 is 0 Å². The van der Waals surface area contributed by atoms with E-state index in [-0.39, 0.29) is 17.7 Å². The molecule has 2 aromatic heterocycles. The smallest absolute Gasteiger partial charge is 0.271 e. The van der Waals surface area contributed by atoms with Crippen molar-refractivity contribution in [1.82, 2.24) is 15.2 Å². The topological polar surface area (TPSA) is 78.3 Å². The van der Waals surface area contributed by atoms with Crippen molar-refractivity contribution in [3.63, 3.8) is 0 Å². The highest BCUT2D eigenvalue weighted by Crippen LogP contribution is 2.29. The Morgan fingerprint density at radius 2 is 1.96 bits per heavy atom. The average molecular weight is 430 g/mol. The summed E-state index contributed by atoms with van der Waals surface area (Å²) in [5.74, 6) is 0.646. The van der Waals surface area contributed by atoms with Gasteiger partial charge in [0.1, 0.15) is 11.5 Å². The Bertz CT molecular complexity index is 956. The number of aromatic amines is 1. The summed E-state index contributed by atoms with van der Waals surface area (Å²) < 4.78 is 6.02. The van der Waals surface area contributed by atoms with Crippen LogP contribution in [0.5, 0.6) is 0 Å². The number of piperidine rings is 1. The molecule has 0 bridgehead atoms. The number of H-pyrrole nitrogens is 1. The molecule has 4 rings (SSSR count). The maximum absolute atomic E-state index is 12.9. The van der Waals surface area contributed by atoms with E-state index < -0.39 is 0 Å². The van der Waals surface area contributed by atoms with Gasteiger partial charge in [0.15, 0.2) is 0 Å². The van der Waals surface area contributed by atoms with Crippen LogP contribution in [0.2, 0.25) is 0 Å². The maximum Gasteiger partial charge on any atom is 0.271 e. The fourth-order valence-electron chi connectivity index (χ4n) is 3.49. The number of carbonyl (C=O) groups excluding carboxylic acids is 2. The van der Waals surface area contributed by atoms with Crippen molar-refractivity contribution in [2.24, 2.45) is 5.92 Å². The fraction of sp³-hybridized carbons (Fsp3) is 0.300. The Kier molecular flexibility index (Phi) is 5.03. The van der Waals surface area contributed by atoms with Gasteiger partial charge in [0, 0.05) is 29.9 Å². The number of aromatic nitrogens is 1. The summed E-state index contributed by atoms with van der Waals surface area (Å²) >= 11 is 3.54.